The van der Waals surface area contributed by atoms with E-state index in [1.807, 2.05) is 0 Å². The van der Waals surface area contributed by atoms with Crippen LogP contribution in [0.2, 0.25) is 0 Å². The number of nitrogen functional groups attached to an aromatic ring is 1. The molecule has 0 saturated carbocycles. The first-order chi connectivity index (χ1) is 7.46. The van der Waals surface area contributed by atoms with E-state index in [1.165, 1.54) is 0 Å². The lowest BCUT2D eigenvalue weighted by molar-refractivity contribution is -0.162. The van der Waals surface area contributed by atoms with Gasteiger partial charge in [-0.25, -0.2) is 4.39 Å². The molecule has 1 rings (SSSR count). The number of anilines is 1. The normalized spacial score (nSPS) is 12.9. The third-order valence-corrected chi connectivity index (χ3v) is 2.12. The molecule has 0 fully saturated rings. The molecule has 0 bridgehead atoms. The average molecular weight is 261 g/mol. The van der Waals surface area contributed by atoms with Gasteiger partial charge in [-0.1, -0.05) is 0 Å². The van der Waals surface area contributed by atoms with Crippen LogP contribution in [-0.2, 0) is 12.4 Å². The Morgan fingerprint density at radius 3 is 1.82 bits per heavy atom. The second-order valence-electron chi connectivity index (χ2n) is 3.32. The Kier molecular flexibility index (Phi) is 3.02. The summed E-state index contributed by atoms with van der Waals surface area (Å²) < 4.78 is 87.6. The molecule has 0 amide bonds. The van der Waals surface area contributed by atoms with Gasteiger partial charge in [-0.2, -0.15) is 26.3 Å². The van der Waals surface area contributed by atoms with E-state index in [1.54, 1.807) is 0 Å². The Morgan fingerprint density at radius 2 is 1.47 bits per heavy atom. The van der Waals surface area contributed by atoms with E-state index in [2.05, 4.69) is 0 Å². The van der Waals surface area contributed by atoms with Crippen molar-refractivity contribution in [1.82, 2.24) is 0 Å². The SMILES string of the molecule is Cc1c(F)c(N)cc(C(F)(F)F)c1C(F)(F)F. The average Bonchev–Trinajstić information content (AvgIpc) is 2.09. The van der Waals surface area contributed by atoms with Gasteiger partial charge >= 0.3 is 12.4 Å². The van der Waals surface area contributed by atoms with Crippen LogP contribution in [0.5, 0.6) is 0 Å². The zero-order valence-corrected chi connectivity index (χ0v) is 8.30. The molecule has 1 aromatic rings. The summed E-state index contributed by atoms with van der Waals surface area (Å²) >= 11 is 0. The fourth-order valence-electron chi connectivity index (χ4n) is 1.41. The number of alkyl halides is 6. The van der Waals surface area contributed by atoms with E-state index in [0.717, 1.165) is 0 Å². The van der Waals surface area contributed by atoms with Crippen molar-refractivity contribution >= 4 is 5.69 Å². The predicted octanol–water partition coefficient (Wildman–Crippen LogP) is 3.75. The van der Waals surface area contributed by atoms with Crippen molar-refractivity contribution in [1.29, 1.82) is 0 Å². The Morgan fingerprint density at radius 1 is 1.00 bits per heavy atom. The summed E-state index contributed by atoms with van der Waals surface area (Å²) in [7, 11) is 0. The summed E-state index contributed by atoms with van der Waals surface area (Å²) in [6, 6.07) is -0.0504. The molecular formula is C9H6F7N. The highest BCUT2D eigenvalue weighted by Gasteiger charge is 2.45. The van der Waals surface area contributed by atoms with Crippen LogP contribution >= 0.6 is 0 Å². The second kappa shape index (κ2) is 3.78. The summed E-state index contributed by atoms with van der Waals surface area (Å²) in [4.78, 5) is 0. The monoisotopic (exact) mass is 261 g/mol. The minimum Gasteiger partial charge on any atom is -0.396 e. The minimum atomic E-state index is -5.30. The van der Waals surface area contributed by atoms with Crippen LogP contribution in [0.15, 0.2) is 6.07 Å². The lowest BCUT2D eigenvalue weighted by atomic mass is 9.99. The maximum absolute atomic E-state index is 13.1. The molecule has 0 heterocycles. The molecule has 17 heavy (non-hydrogen) atoms. The number of halogens is 7. The number of nitrogens with two attached hydrogens (primary N) is 1. The van der Waals surface area contributed by atoms with E-state index >= 15 is 0 Å². The van der Waals surface area contributed by atoms with Crippen molar-refractivity contribution in [2.75, 3.05) is 5.73 Å². The highest BCUT2D eigenvalue weighted by atomic mass is 19.4. The van der Waals surface area contributed by atoms with Crippen LogP contribution in [0.1, 0.15) is 16.7 Å². The fraction of sp³-hybridized carbons (Fsp3) is 0.333. The van der Waals surface area contributed by atoms with Gasteiger partial charge in [0.1, 0.15) is 5.82 Å². The number of hydrogen-bond acceptors (Lipinski definition) is 1. The second-order valence-corrected chi connectivity index (χ2v) is 3.32. The van der Waals surface area contributed by atoms with Crippen molar-refractivity contribution in [3.63, 3.8) is 0 Å². The number of benzene rings is 1. The van der Waals surface area contributed by atoms with Crippen molar-refractivity contribution in [3.8, 4) is 0 Å². The van der Waals surface area contributed by atoms with Gasteiger partial charge in [0, 0.05) is 0 Å². The topological polar surface area (TPSA) is 26.0 Å². The summed E-state index contributed by atoms with van der Waals surface area (Å²) in [5.41, 5.74) is -1.27. The Balaban J connectivity index is 3.71. The van der Waals surface area contributed by atoms with Crippen molar-refractivity contribution < 1.29 is 30.7 Å². The van der Waals surface area contributed by atoms with Gasteiger partial charge in [0.15, 0.2) is 0 Å². The quantitative estimate of drug-likeness (QED) is 0.558. The van der Waals surface area contributed by atoms with Gasteiger partial charge in [-0.15, -0.1) is 0 Å². The van der Waals surface area contributed by atoms with Crippen LogP contribution in [0, 0.1) is 12.7 Å². The molecule has 0 aromatic heterocycles. The summed E-state index contributed by atoms with van der Waals surface area (Å²) in [6.45, 7) is 0.601. The standard InChI is InChI=1S/C9H6F7N/c1-3-6(9(14,15)16)4(8(11,12)13)2-5(17)7(3)10/h2H,17H2,1H3. The van der Waals surface area contributed by atoms with E-state index < -0.39 is 40.5 Å². The summed E-state index contributed by atoms with van der Waals surface area (Å²) in [5, 5.41) is 0. The van der Waals surface area contributed by atoms with E-state index in [9.17, 15) is 30.7 Å². The molecule has 0 radical (unpaired) electrons. The first-order valence-corrected chi connectivity index (χ1v) is 4.19. The molecule has 0 aliphatic carbocycles. The molecule has 0 saturated heterocycles. The lowest BCUT2D eigenvalue weighted by Gasteiger charge is -2.19. The van der Waals surface area contributed by atoms with Gasteiger partial charge in [0.2, 0.25) is 0 Å². The summed E-state index contributed by atoms with van der Waals surface area (Å²) in [6.07, 6.45) is -10.6. The molecule has 8 heteroatoms. The van der Waals surface area contributed by atoms with Crippen LogP contribution in [0.4, 0.5) is 36.4 Å². The smallest absolute Gasteiger partial charge is 0.396 e. The largest absolute Gasteiger partial charge is 0.417 e. The predicted molar refractivity (Wildman–Crippen MR) is 45.6 cm³/mol. The zero-order chi connectivity index (χ0) is 13.6. The molecule has 0 unspecified atom stereocenters. The maximum Gasteiger partial charge on any atom is 0.417 e. The molecular weight excluding hydrogens is 255 g/mol. The number of rotatable bonds is 0. The minimum absolute atomic E-state index is 0.0504. The first kappa shape index (κ1) is 13.6. The fourth-order valence-corrected chi connectivity index (χ4v) is 1.41. The third-order valence-electron chi connectivity index (χ3n) is 2.12. The lowest BCUT2D eigenvalue weighted by Crippen LogP contribution is -2.20. The van der Waals surface area contributed by atoms with Crippen LogP contribution in [0.3, 0.4) is 0 Å². The van der Waals surface area contributed by atoms with Gasteiger partial charge in [-0.3, -0.25) is 0 Å². The molecule has 0 aliphatic heterocycles. The van der Waals surface area contributed by atoms with E-state index in [-0.39, 0.29) is 6.07 Å². The highest BCUT2D eigenvalue weighted by Crippen LogP contribution is 2.43. The molecule has 1 nitrogen and oxygen atoms in total. The van der Waals surface area contributed by atoms with Crippen LogP contribution in [0.25, 0.3) is 0 Å². The molecule has 0 aliphatic rings. The summed E-state index contributed by atoms with van der Waals surface area (Å²) in [5.74, 6) is -1.50. The maximum atomic E-state index is 13.1. The molecule has 0 atom stereocenters. The van der Waals surface area contributed by atoms with Gasteiger partial charge in [0.05, 0.1) is 16.8 Å². The van der Waals surface area contributed by atoms with Gasteiger partial charge in [-0.05, 0) is 18.6 Å². The van der Waals surface area contributed by atoms with Gasteiger partial charge in [0.25, 0.3) is 0 Å². The van der Waals surface area contributed by atoms with E-state index in [0.29, 0.717) is 6.92 Å². The number of hydrogen-bond donors (Lipinski definition) is 1. The molecule has 2 N–H and O–H groups in total. The zero-order valence-electron chi connectivity index (χ0n) is 8.30. The highest BCUT2D eigenvalue weighted by molar-refractivity contribution is 5.52. The van der Waals surface area contributed by atoms with Crippen molar-refractivity contribution in [2.45, 2.75) is 19.3 Å². The Labute approximate surface area is 91.0 Å². The molecule has 0 spiro atoms. The Hall–Kier alpha value is -1.47. The van der Waals surface area contributed by atoms with Gasteiger partial charge < -0.3 is 5.73 Å². The first-order valence-electron chi connectivity index (χ1n) is 4.19. The molecule has 1 aromatic carbocycles. The van der Waals surface area contributed by atoms with Crippen LogP contribution < -0.4 is 5.73 Å². The third kappa shape index (κ3) is 2.45. The van der Waals surface area contributed by atoms with Crippen LogP contribution in [-0.4, -0.2) is 0 Å². The Bertz CT molecular complexity index is 444. The van der Waals surface area contributed by atoms with Crippen molar-refractivity contribution in [3.05, 3.63) is 28.6 Å². The van der Waals surface area contributed by atoms with Crippen molar-refractivity contribution in [2.24, 2.45) is 0 Å². The van der Waals surface area contributed by atoms with E-state index in [4.69, 9.17) is 5.73 Å². The molecule has 96 valence electrons.